The van der Waals surface area contributed by atoms with Gasteiger partial charge in [-0.25, -0.2) is 18.4 Å². The molecule has 1 atom stereocenters. The first-order valence-corrected chi connectivity index (χ1v) is 14.3. The molecule has 5 rings (SSSR count). The average Bonchev–Trinajstić information content (AvgIpc) is 3.25. The number of sulfone groups is 1. The molecule has 0 aliphatic heterocycles. The maximum Gasteiger partial charge on any atom is 0.229 e. The third kappa shape index (κ3) is 4.62. The van der Waals surface area contributed by atoms with Crippen LogP contribution in [0, 0.1) is 13.8 Å². The minimum Gasteiger partial charge on any atom is -0.310 e. The molecule has 1 aromatic carbocycles. The van der Waals surface area contributed by atoms with Crippen molar-refractivity contribution in [1.29, 1.82) is 0 Å². The number of imidazole rings is 1. The third-order valence-corrected chi connectivity index (χ3v) is 9.14. The number of nitrogens with zero attached hydrogens (tertiary/aromatic N) is 3. The minimum absolute atomic E-state index is 0.0252. The second-order valence-electron chi connectivity index (χ2n) is 10.1. The smallest absolute Gasteiger partial charge is 0.229 e. The zero-order valence-electron chi connectivity index (χ0n) is 21.9. The van der Waals surface area contributed by atoms with E-state index in [2.05, 4.69) is 15.3 Å². The van der Waals surface area contributed by atoms with E-state index in [0.717, 1.165) is 22.5 Å². The van der Waals surface area contributed by atoms with Gasteiger partial charge in [-0.3, -0.25) is 9.59 Å². The summed E-state index contributed by atoms with van der Waals surface area (Å²) < 4.78 is 26.0. The maximum absolute atomic E-state index is 13.8. The molecule has 0 saturated carbocycles. The van der Waals surface area contributed by atoms with Gasteiger partial charge >= 0.3 is 0 Å². The molecule has 1 unspecified atom stereocenters. The quantitative estimate of drug-likeness (QED) is 0.395. The predicted octanol–water partition coefficient (Wildman–Crippen LogP) is 4.41. The lowest BCUT2D eigenvalue weighted by Gasteiger charge is -2.34. The number of aryl methyl sites for hydroxylation is 3. The van der Waals surface area contributed by atoms with Crippen LogP contribution in [0.4, 0.5) is 5.82 Å². The van der Waals surface area contributed by atoms with Gasteiger partial charge in [-0.05, 0) is 74.6 Å². The van der Waals surface area contributed by atoms with Gasteiger partial charge in [0.15, 0.2) is 15.6 Å². The van der Waals surface area contributed by atoms with Crippen molar-refractivity contribution >= 4 is 33.0 Å². The zero-order valence-corrected chi connectivity index (χ0v) is 22.7. The molecule has 1 aliphatic rings. The Balaban J connectivity index is 1.34. The fourth-order valence-corrected chi connectivity index (χ4v) is 6.01. The normalized spacial score (nSPS) is 17.4. The number of anilines is 1. The van der Waals surface area contributed by atoms with E-state index in [-0.39, 0.29) is 28.8 Å². The Kier molecular flexibility index (Phi) is 6.43. The molecule has 38 heavy (non-hydrogen) atoms. The number of amides is 1. The topological polar surface area (TPSA) is 110 Å². The molecule has 4 aromatic rings. The number of hydrogen-bond acceptors (Lipinski definition) is 6. The molecule has 0 saturated heterocycles. The Morgan fingerprint density at radius 3 is 2.53 bits per heavy atom. The molecule has 3 aromatic heterocycles. The highest BCUT2D eigenvalue weighted by molar-refractivity contribution is 7.91. The van der Waals surface area contributed by atoms with E-state index in [4.69, 9.17) is 0 Å². The largest absolute Gasteiger partial charge is 0.310 e. The van der Waals surface area contributed by atoms with Gasteiger partial charge in [0.1, 0.15) is 11.5 Å². The molecule has 0 bridgehead atoms. The second-order valence-corrected chi connectivity index (χ2v) is 12.4. The van der Waals surface area contributed by atoms with Crippen LogP contribution in [0.25, 0.3) is 5.65 Å². The molecule has 1 N–H and O–H groups in total. The monoisotopic (exact) mass is 530 g/mol. The average molecular weight is 531 g/mol. The highest BCUT2D eigenvalue weighted by Gasteiger charge is 2.41. The van der Waals surface area contributed by atoms with E-state index in [0.29, 0.717) is 35.5 Å². The van der Waals surface area contributed by atoms with Crippen LogP contribution in [0.3, 0.4) is 0 Å². The number of benzene rings is 1. The van der Waals surface area contributed by atoms with Crippen LogP contribution in [0.2, 0.25) is 0 Å². The molecule has 196 valence electrons. The fourth-order valence-electron chi connectivity index (χ4n) is 5.13. The van der Waals surface area contributed by atoms with Gasteiger partial charge in [0.05, 0.1) is 33.9 Å². The van der Waals surface area contributed by atoms with Gasteiger partial charge in [-0.1, -0.05) is 25.1 Å². The van der Waals surface area contributed by atoms with Gasteiger partial charge in [-0.2, -0.15) is 0 Å². The third-order valence-electron chi connectivity index (χ3n) is 7.38. The van der Waals surface area contributed by atoms with Crippen molar-refractivity contribution in [3.63, 3.8) is 0 Å². The Bertz CT molecular complexity index is 1690. The van der Waals surface area contributed by atoms with E-state index < -0.39 is 15.3 Å². The maximum atomic E-state index is 13.8. The van der Waals surface area contributed by atoms with Crippen molar-refractivity contribution in [2.45, 2.75) is 57.3 Å². The van der Waals surface area contributed by atoms with Crippen molar-refractivity contribution in [2.75, 3.05) is 11.1 Å². The van der Waals surface area contributed by atoms with E-state index in [9.17, 15) is 18.0 Å². The summed E-state index contributed by atoms with van der Waals surface area (Å²) in [4.78, 5) is 35.9. The lowest BCUT2D eigenvalue weighted by atomic mass is 9.68. The van der Waals surface area contributed by atoms with Crippen LogP contribution >= 0.6 is 0 Å². The van der Waals surface area contributed by atoms with E-state index in [1.165, 1.54) is 12.1 Å². The summed E-state index contributed by atoms with van der Waals surface area (Å²) in [6.07, 6.45) is 5.23. The number of hydrogen-bond donors (Lipinski definition) is 1. The number of fused-ring (bicyclic) bond motifs is 2. The van der Waals surface area contributed by atoms with Crippen LogP contribution in [0.15, 0.2) is 59.8 Å². The minimum atomic E-state index is -3.29. The number of pyridine rings is 2. The number of Topliss-reactive ketones (excluding diaryl/α,β-unsaturated/α-hetero) is 1. The Morgan fingerprint density at radius 1 is 1.08 bits per heavy atom. The van der Waals surface area contributed by atoms with Crippen LogP contribution in [-0.2, 0) is 32.9 Å². The van der Waals surface area contributed by atoms with Gasteiger partial charge < -0.3 is 9.72 Å². The highest BCUT2D eigenvalue weighted by atomic mass is 32.2. The summed E-state index contributed by atoms with van der Waals surface area (Å²) >= 11 is 0. The van der Waals surface area contributed by atoms with Crippen molar-refractivity contribution in [1.82, 2.24) is 14.4 Å². The van der Waals surface area contributed by atoms with E-state index >= 15 is 0 Å². The molecule has 3 heterocycles. The summed E-state index contributed by atoms with van der Waals surface area (Å²) in [7, 11) is -3.29. The summed E-state index contributed by atoms with van der Waals surface area (Å²) in [5.41, 5.74) is 4.80. The van der Waals surface area contributed by atoms with Gasteiger partial charge in [-0.15, -0.1) is 0 Å². The second kappa shape index (κ2) is 9.47. The lowest BCUT2D eigenvalue weighted by molar-refractivity contribution is -0.115. The molecular weight excluding hydrogens is 500 g/mol. The first kappa shape index (κ1) is 25.8. The number of aromatic nitrogens is 3. The van der Waals surface area contributed by atoms with Crippen molar-refractivity contribution in [2.24, 2.45) is 0 Å². The SMILES string of the molecule is CCS(=O)(=O)c1ccc(CC(=O)Nc2cc(C)c3c(n2)CCC(C)(c2ccc4nc(C)cn4c2)C3=O)cc1. The van der Waals surface area contributed by atoms with Crippen molar-refractivity contribution in [3.8, 4) is 0 Å². The van der Waals surface area contributed by atoms with Crippen LogP contribution in [0.5, 0.6) is 0 Å². The number of ketones is 1. The molecule has 9 heteroatoms. The highest BCUT2D eigenvalue weighted by Crippen LogP contribution is 2.39. The Labute approximate surface area is 222 Å². The molecule has 0 radical (unpaired) electrons. The summed E-state index contributed by atoms with van der Waals surface area (Å²) in [5.74, 6) is 0.194. The van der Waals surface area contributed by atoms with Crippen LogP contribution < -0.4 is 5.32 Å². The Hall–Kier alpha value is -3.85. The molecule has 8 nitrogen and oxygen atoms in total. The lowest BCUT2D eigenvalue weighted by Crippen LogP contribution is -2.38. The summed E-state index contributed by atoms with van der Waals surface area (Å²) in [5, 5.41) is 2.84. The number of nitrogens with one attached hydrogen (secondary N) is 1. The number of carbonyl (C=O) groups is 2. The van der Waals surface area contributed by atoms with Gasteiger partial charge in [0.2, 0.25) is 5.91 Å². The van der Waals surface area contributed by atoms with Crippen molar-refractivity contribution < 1.29 is 18.0 Å². The van der Waals surface area contributed by atoms with Crippen LogP contribution in [0.1, 0.15) is 58.7 Å². The van der Waals surface area contributed by atoms with Crippen LogP contribution in [-0.4, -0.2) is 40.2 Å². The fraction of sp³-hybridized carbons (Fsp3) is 0.310. The van der Waals surface area contributed by atoms with E-state index in [1.807, 2.05) is 49.7 Å². The molecule has 1 amide bonds. The molecule has 0 fully saturated rings. The number of carbonyl (C=O) groups excluding carboxylic acids is 2. The van der Waals surface area contributed by atoms with Crippen molar-refractivity contribution in [3.05, 3.63) is 88.5 Å². The standard InChI is InChI=1S/C29H30N4O4S/c1-5-38(36,37)22-9-6-20(7-10-22)15-26(34)32-24-14-18(2)27-23(31-24)12-13-29(4,28(27)35)21-8-11-25-30-19(3)16-33(25)17-21/h6-11,14,16-17H,5,12-13,15H2,1-4H3,(H,31,32,34). The molecule has 1 aliphatic carbocycles. The number of rotatable bonds is 6. The first-order valence-electron chi connectivity index (χ1n) is 12.6. The van der Waals surface area contributed by atoms with Gasteiger partial charge in [0.25, 0.3) is 0 Å². The summed E-state index contributed by atoms with van der Waals surface area (Å²) in [6.45, 7) is 7.39. The zero-order chi connectivity index (χ0) is 27.2. The predicted molar refractivity (Wildman–Crippen MR) is 145 cm³/mol. The summed E-state index contributed by atoms with van der Waals surface area (Å²) in [6, 6.07) is 12.0. The molecular formula is C29H30N4O4S. The van der Waals surface area contributed by atoms with Gasteiger partial charge in [0, 0.05) is 18.0 Å². The molecule has 0 spiro atoms. The van der Waals surface area contributed by atoms with E-state index in [1.54, 1.807) is 25.1 Å². The first-order chi connectivity index (χ1) is 18.0. The Morgan fingerprint density at radius 2 is 1.82 bits per heavy atom.